The number of benzene rings is 1. The van der Waals surface area contributed by atoms with Crippen LogP contribution in [0.25, 0.3) is 5.57 Å². The Hall–Kier alpha value is -3.48. The smallest absolute Gasteiger partial charge is 0.331 e. The summed E-state index contributed by atoms with van der Waals surface area (Å²) >= 11 is 0. The van der Waals surface area contributed by atoms with Crippen LogP contribution in [0.2, 0.25) is 0 Å². The molecule has 0 fully saturated rings. The van der Waals surface area contributed by atoms with Crippen LogP contribution in [0.5, 0.6) is 5.88 Å². The molecule has 7 nitrogen and oxygen atoms in total. The van der Waals surface area contributed by atoms with Gasteiger partial charge < -0.3 is 13.9 Å². The number of esters is 1. The molecular weight excluding hydrogens is 346 g/mol. The molecular formula is C20H19N3O4. The van der Waals surface area contributed by atoms with Gasteiger partial charge in [0.15, 0.2) is 0 Å². The van der Waals surface area contributed by atoms with Crippen molar-refractivity contribution in [3.63, 3.8) is 0 Å². The van der Waals surface area contributed by atoms with Crippen molar-refractivity contribution < 1.29 is 18.7 Å². The fourth-order valence-electron chi connectivity index (χ4n) is 2.33. The SMILES string of the molecule is CCOC(=O)/C=C(/c1cccc(OCc2ccccc2)n1)c1nnc(C)o1. The first-order valence-corrected chi connectivity index (χ1v) is 8.49. The molecule has 7 heteroatoms. The van der Waals surface area contributed by atoms with Crippen LogP contribution in [0.4, 0.5) is 0 Å². The number of hydrogen-bond donors (Lipinski definition) is 0. The van der Waals surface area contributed by atoms with Gasteiger partial charge >= 0.3 is 5.97 Å². The molecule has 0 aliphatic rings. The summed E-state index contributed by atoms with van der Waals surface area (Å²) in [6, 6.07) is 15.0. The Bertz CT molecular complexity index is 935. The molecule has 3 rings (SSSR count). The second-order valence-electron chi connectivity index (χ2n) is 5.57. The molecule has 0 bridgehead atoms. The largest absolute Gasteiger partial charge is 0.473 e. The van der Waals surface area contributed by atoms with Crippen molar-refractivity contribution >= 4 is 11.5 Å². The van der Waals surface area contributed by atoms with E-state index in [9.17, 15) is 4.79 Å². The average Bonchev–Trinajstić information content (AvgIpc) is 3.12. The number of carbonyl (C=O) groups excluding carboxylic acids is 1. The van der Waals surface area contributed by atoms with Crippen LogP contribution in [0.15, 0.2) is 59.0 Å². The monoisotopic (exact) mass is 365 g/mol. The normalized spacial score (nSPS) is 11.3. The van der Waals surface area contributed by atoms with E-state index in [1.54, 1.807) is 32.0 Å². The van der Waals surface area contributed by atoms with Crippen molar-refractivity contribution in [2.24, 2.45) is 0 Å². The van der Waals surface area contributed by atoms with Crippen LogP contribution in [0, 0.1) is 6.92 Å². The summed E-state index contributed by atoms with van der Waals surface area (Å²) in [5, 5.41) is 7.80. The molecule has 2 aromatic heterocycles. The summed E-state index contributed by atoms with van der Waals surface area (Å²) in [6.45, 7) is 4.05. The second kappa shape index (κ2) is 8.75. The van der Waals surface area contributed by atoms with Gasteiger partial charge in [0.1, 0.15) is 6.61 Å². The highest BCUT2D eigenvalue weighted by Gasteiger charge is 2.16. The zero-order valence-electron chi connectivity index (χ0n) is 15.1. The topological polar surface area (TPSA) is 87.3 Å². The van der Waals surface area contributed by atoms with E-state index in [1.807, 2.05) is 30.3 Å². The Labute approximate surface area is 156 Å². The maximum atomic E-state index is 12.0. The molecule has 3 aromatic rings. The van der Waals surface area contributed by atoms with Gasteiger partial charge in [0, 0.05) is 19.1 Å². The molecule has 0 radical (unpaired) electrons. The number of pyridine rings is 1. The Morgan fingerprint density at radius 2 is 1.93 bits per heavy atom. The van der Waals surface area contributed by atoms with E-state index in [1.165, 1.54) is 6.08 Å². The molecule has 0 aliphatic carbocycles. The number of aromatic nitrogens is 3. The fraction of sp³-hybridized carbons (Fsp3) is 0.200. The summed E-state index contributed by atoms with van der Waals surface area (Å²) < 4.78 is 16.2. The molecule has 2 heterocycles. The molecule has 1 aromatic carbocycles. The molecule has 0 saturated heterocycles. The van der Waals surface area contributed by atoms with Gasteiger partial charge in [-0.2, -0.15) is 0 Å². The van der Waals surface area contributed by atoms with Crippen molar-refractivity contribution in [1.82, 2.24) is 15.2 Å². The number of ether oxygens (including phenoxy) is 2. The molecule has 138 valence electrons. The summed E-state index contributed by atoms with van der Waals surface area (Å²) in [7, 11) is 0. The molecule has 0 spiro atoms. The first kappa shape index (κ1) is 18.3. The zero-order chi connectivity index (χ0) is 19.1. The number of hydrogen-bond acceptors (Lipinski definition) is 7. The number of rotatable bonds is 7. The molecule has 27 heavy (non-hydrogen) atoms. The van der Waals surface area contributed by atoms with Crippen molar-refractivity contribution in [3.05, 3.63) is 77.6 Å². The highest BCUT2D eigenvalue weighted by molar-refractivity contribution is 5.94. The lowest BCUT2D eigenvalue weighted by Crippen LogP contribution is -2.04. The lowest BCUT2D eigenvalue weighted by molar-refractivity contribution is -0.137. The van der Waals surface area contributed by atoms with Gasteiger partial charge in [0.05, 0.1) is 17.9 Å². The number of nitrogens with zero attached hydrogens (tertiary/aromatic N) is 3. The van der Waals surface area contributed by atoms with Gasteiger partial charge in [-0.1, -0.05) is 36.4 Å². The van der Waals surface area contributed by atoms with E-state index in [-0.39, 0.29) is 12.5 Å². The van der Waals surface area contributed by atoms with E-state index in [0.29, 0.717) is 29.6 Å². The van der Waals surface area contributed by atoms with Gasteiger partial charge in [0.25, 0.3) is 0 Å². The summed E-state index contributed by atoms with van der Waals surface area (Å²) in [6.07, 6.45) is 1.29. The fourth-order valence-corrected chi connectivity index (χ4v) is 2.33. The van der Waals surface area contributed by atoms with Crippen molar-refractivity contribution in [1.29, 1.82) is 0 Å². The minimum atomic E-state index is -0.513. The van der Waals surface area contributed by atoms with Crippen LogP contribution >= 0.6 is 0 Å². The Morgan fingerprint density at radius 3 is 2.63 bits per heavy atom. The molecule has 0 unspecified atom stereocenters. The summed E-state index contributed by atoms with van der Waals surface area (Å²) in [4.78, 5) is 16.4. The Kier molecular flexibility index (Phi) is 5.94. The predicted octanol–water partition coefficient (Wildman–Crippen LogP) is 3.35. The van der Waals surface area contributed by atoms with E-state index in [2.05, 4.69) is 15.2 Å². The summed E-state index contributed by atoms with van der Waals surface area (Å²) in [5.74, 6) is 0.479. The third-order valence-electron chi connectivity index (χ3n) is 3.53. The number of aryl methyl sites for hydroxylation is 1. The lowest BCUT2D eigenvalue weighted by atomic mass is 10.1. The van der Waals surface area contributed by atoms with Gasteiger partial charge in [-0.05, 0) is 18.6 Å². The van der Waals surface area contributed by atoms with Crippen LogP contribution in [-0.2, 0) is 16.1 Å². The van der Waals surface area contributed by atoms with Gasteiger partial charge in [0.2, 0.25) is 17.7 Å². The quantitative estimate of drug-likeness (QED) is 0.469. The number of carbonyl (C=O) groups is 1. The second-order valence-corrected chi connectivity index (χ2v) is 5.57. The van der Waals surface area contributed by atoms with Gasteiger partial charge in [-0.25, -0.2) is 9.78 Å². The van der Waals surface area contributed by atoms with Crippen molar-refractivity contribution in [2.45, 2.75) is 20.5 Å². The van der Waals surface area contributed by atoms with Gasteiger partial charge in [-0.15, -0.1) is 10.2 Å². The van der Waals surface area contributed by atoms with Crippen LogP contribution in [0.1, 0.15) is 30.0 Å². The third kappa shape index (κ3) is 5.01. The van der Waals surface area contributed by atoms with Crippen LogP contribution in [0.3, 0.4) is 0 Å². The van der Waals surface area contributed by atoms with E-state index in [0.717, 1.165) is 5.56 Å². The van der Waals surface area contributed by atoms with Crippen LogP contribution < -0.4 is 4.74 Å². The zero-order valence-corrected chi connectivity index (χ0v) is 15.1. The first-order valence-electron chi connectivity index (χ1n) is 8.49. The minimum Gasteiger partial charge on any atom is -0.473 e. The van der Waals surface area contributed by atoms with Gasteiger partial charge in [-0.3, -0.25) is 0 Å². The van der Waals surface area contributed by atoms with Crippen molar-refractivity contribution in [2.75, 3.05) is 6.61 Å². The first-order chi connectivity index (χ1) is 13.2. The average molecular weight is 365 g/mol. The van der Waals surface area contributed by atoms with Crippen molar-refractivity contribution in [3.8, 4) is 5.88 Å². The lowest BCUT2D eigenvalue weighted by Gasteiger charge is -2.08. The molecule has 0 amide bonds. The highest BCUT2D eigenvalue weighted by Crippen LogP contribution is 2.23. The molecule has 0 aliphatic heterocycles. The molecule has 0 atom stereocenters. The van der Waals surface area contributed by atoms with Crippen LogP contribution in [-0.4, -0.2) is 27.8 Å². The minimum absolute atomic E-state index is 0.188. The molecule has 0 N–H and O–H groups in total. The van der Waals surface area contributed by atoms with E-state index < -0.39 is 5.97 Å². The highest BCUT2D eigenvalue weighted by atomic mass is 16.5. The summed E-state index contributed by atoms with van der Waals surface area (Å²) in [5.41, 5.74) is 1.87. The van der Waals surface area contributed by atoms with E-state index >= 15 is 0 Å². The predicted molar refractivity (Wildman–Crippen MR) is 97.8 cm³/mol. The Balaban J connectivity index is 1.87. The Morgan fingerprint density at radius 1 is 1.11 bits per heavy atom. The maximum Gasteiger partial charge on any atom is 0.331 e. The third-order valence-corrected chi connectivity index (χ3v) is 3.53. The standard InChI is InChI=1S/C20H19N3O4/c1-3-25-19(24)12-16(20-23-22-14(2)27-20)17-10-7-11-18(21-17)26-13-15-8-5-4-6-9-15/h4-12H,3,13H2,1-2H3/b16-12-. The molecule has 0 saturated carbocycles. The van der Waals surface area contributed by atoms with E-state index in [4.69, 9.17) is 13.9 Å². The maximum absolute atomic E-state index is 12.0.